The Balaban J connectivity index is 1.58. The molecular weight excluding hydrogens is 382 g/mol. The second-order valence-electron chi connectivity index (χ2n) is 7.60. The topological polar surface area (TPSA) is 68.0 Å². The fraction of sp³-hybridized carbons (Fsp3) is 0.250. The third kappa shape index (κ3) is 4.50. The minimum Gasteiger partial charge on any atom is -0.348 e. The number of benzene rings is 2. The molecule has 1 aliphatic rings. The number of aromatic nitrogens is 1. The van der Waals surface area contributed by atoms with Gasteiger partial charge in [0.15, 0.2) is 0 Å². The van der Waals surface area contributed by atoms with Crippen molar-refractivity contribution in [1.29, 1.82) is 0 Å². The number of amides is 1. The van der Waals surface area contributed by atoms with Gasteiger partial charge in [0, 0.05) is 41.4 Å². The third-order valence-electron chi connectivity index (χ3n) is 5.28. The zero-order chi connectivity index (χ0) is 20.4. The summed E-state index contributed by atoms with van der Waals surface area (Å²) in [5, 5.41) is 3.64. The Kier molecular flexibility index (Phi) is 5.65. The zero-order valence-electron chi connectivity index (χ0n) is 16.4. The molecule has 0 unspecified atom stereocenters. The molecule has 1 aromatic heterocycles. The summed E-state index contributed by atoms with van der Waals surface area (Å²) in [7, 11) is 0. The molecule has 0 atom stereocenters. The molecule has 148 valence electrons. The summed E-state index contributed by atoms with van der Waals surface area (Å²) >= 11 is 6.10. The predicted octanol–water partition coefficient (Wildman–Crippen LogP) is 4.98. The van der Waals surface area contributed by atoms with Gasteiger partial charge in [-0.05, 0) is 72.4 Å². The molecule has 5 heteroatoms. The molecule has 1 saturated carbocycles. The quantitative estimate of drug-likeness (QED) is 0.607. The van der Waals surface area contributed by atoms with Crippen LogP contribution in [0.2, 0.25) is 5.02 Å². The zero-order valence-corrected chi connectivity index (χ0v) is 17.2. The average molecular weight is 406 g/mol. The number of nitrogens with two attached hydrogens (primary N) is 1. The van der Waals surface area contributed by atoms with E-state index in [2.05, 4.69) is 22.4 Å². The van der Waals surface area contributed by atoms with E-state index in [1.165, 1.54) is 12.8 Å². The number of aryl methyl sites for hydroxylation is 1. The van der Waals surface area contributed by atoms with E-state index in [0.29, 0.717) is 29.6 Å². The van der Waals surface area contributed by atoms with Crippen molar-refractivity contribution in [3.63, 3.8) is 0 Å². The second-order valence-corrected chi connectivity index (χ2v) is 8.03. The van der Waals surface area contributed by atoms with Crippen molar-refractivity contribution in [1.82, 2.24) is 10.3 Å². The van der Waals surface area contributed by atoms with Gasteiger partial charge in [-0.3, -0.25) is 9.78 Å². The van der Waals surface area contributed by atoms with Gasteiger partial charge in [0.2, 0.25) is 0 Å². The van der Waals surface area contributed by atoms with Crippen molar-refractivity contribution in [3.8, 4) is 11.1 Å². The van der Waals surface area contributed by atoms with Crippen LogP contribution in [-0.4, -0.2) is 10.9 Å². The van der Waals surface area contributed by atoms with E-state index < -0.39 is 0 Å². The third-order valence-corrected chi connectivity index (χ3v) is 5.52. The Morgan fingerprint density at radius 2 is 2.00 bits per heavy atom. The molecule has 2 aromatic carbocycles. The van der Waals surface area contributed by atoms with E-state index in [-0.39, 0.29) is 5.91 Å². The smallest absolute Gasteiger partial charge is 0.251 e. The van der Waals surface area contributed by atoms with Gasteiger partial charge in [-0.15, -0.1) is 0 Å². The van der Waals surface area contributed by atoms with Gasteiger partial charge in [-0.25, -0.2) is 0 Å². The Bertz CT molecular complexity index is 1060. The number of nitrogens with one attached hydrogen (secondary N) is 1. The molecule has 0 aliphatic heterocycles. The molecule has 1 aliphatic carbocycles. The summed E-state index contributed by atoms with van der Waals surface area (Å²) in [6.45, 7) is 2.80. The molecule has 1 fully saturated rings. The van der Waals surface area contributed by atoms with Crippen molar-refractivity contribution >= 4 is 17.5 Å². The fourth-order valence-corrected chi connectivity index (χ4v) is 3.84. The van der Waals surface area contributed by atoms with Crippen LogP contribution < -0.4 is 11.1 Å². The maximum absolute atomic E-state index is 12.9. The highest BCUT2D eigenvalue weighted by molar-refractivity contribution is 6.30. The lowest BCUT2D eigenvalue weighted by molar-refractivity contribution is 0.0951. The van der Waals surface area contributed by atoms with Crippen LogP contribution in [0, 0.1) is 6.92 Å². The monoisotopic (exact) mass is 405 g/mol. The lowest BCUT2D eigenvalue weighted by Crippen LogP contribution is -2.24. The summed E-state index contributed by atoms with van der Waals surface area (Å²) in [5.41, 5.74) is 12.7. The molecule has 0 radical (unpaired) electrons. The van der Waals surface area contributed by atoms with Crippen molar-refractivity contribution in [3.05, 3.63) is 87.7 Å². The highest BCUT2D eigenvalue weighted by Gasteiger charge is 2.27. The molecule has 0 spiro atoms. The molecule has 4 nitrogen and oxygen atoms in total. The SMILES string of the molecule is Cc1cc(C(=O)NCc2cc(Cl)ccc2CN)cc(-c2cccnc2C2CC2)c1. The maximum atomic E-state index is 12.9. The summed E-state index contributed by atoms with van der Waals surface area (Å²) < 4.78 is 0. The number of rotatable bonds is 6. The van der Waals surface area contributed by atoms with Crippen LogP contribution in [-0.2, 0) is 13.1 Å². The Hall–Kier alpha value is -2.69. The molecule has 0 saturated heterocycles. The van der Waals surface area contributed by atoms with Gasteiger partial charge in [-0.2, -0.15) is 0 Å². The van der Waals surface area contributed by atoms with Gasteiger partial charge in [-0.1, -0.05) is 29.8 Å². The van der Waals surface area contributed by atoms with Gasteiger partial charge in [0.05, 0.1) is 5.69 Å². The first-order chi connectivity index (χ1) is 14.0. The van der Waals surface area contributed by atoms with Crippen LogP contribution in [0.25, 0.3) is 11.1 Å². The number of pyridine rings is 1. The maximum Gasteiger partial charge on any atom is 0.251 e. The van der Waals surface area contributed by atoms with Crippen LogP contribution in [0.5, 0.6) is 0 Å². The van der Waals surface area contributed by atoms with Crippen LogP contribution in [0.4, 0.5) is 0 Å². The Morgan fingerprint density at radius 1 is 1.17 bits per heavy atom. The first-order valence-electron chi connectivity index (χ1n) is 9.87. The van der Waals surface area contributed by atoms with E-state index in [1.54, 1.807) is 0 Å². The van der Waals surface area contributed by atoms with E-state index >= 15 is 0 Å². The van der Waals surface area contributed by atoms with Crippen molar-refractivity contribution in [2.75, 3.05) is 0 Å². The van der Waals surface area contributed by atoms with Crippen LogP contribution in [0.15, 0.2) is 54.7 Å². The first kappa shape index (κ1) is 19.6. The number of carbonyl (C=O) groups is 1. The minimum atomic E-state index is -0.116. The number of halogens is 1. The van der Waals surface area contributed by atoms with Crippen molar-refractivity contribution in [2.45, 2.75) is 38.8 Å². The molecule has 0 bridgehead atoms. The Labute approximate surface area is 176 Å². The predicted molar refractivity (Wildman–Crippen MR) is 117 cm³/mol. The summed E-state index contributed by atoms with van der Waals surface area (Å²) in [4.78, 5) is 17.5. The van der Waals surface area contributed by atoms with Crippen LogP contribution >= 0.6 is 11.6 Å². The second kappa shape index (κ2) is 8.36. The molecule has 1 heterocycles. The van der Waals surface area contributed by atoms with Gasteiger partial charge in [0.25, 0.3) is 5.91 Å². The molecule has 1 amide bonds. The van der Waals surface area contributed by atoms with Gasteiger partial charge in [0.1, 0.15) is 0 Å². The molecule has 3 aromatic rings. The fourth-order valence-electron chi connectivity index (χ4n) is 3.65. The summed E-state index contributed by atoms with van der Waals surface area (Å²) in [6, 6.07) is 15.6. The highest BCUT2D eigenvalue weighted by Crippen LogP contribution is 2.43. The molecule has 29 heavy (non-hydrogen) atoms. The Morgan fingerprint density at radius 3 is 2.76 bits per heavy atom. The van der Waals surface area contributed by atoms with Gasteiger partial charge < -0.3 is 11.1 Å². The number of nitrogens with zero attached hydrogens (tertiary/aromatic N) is 1. The number of hydrogen-bond donors (Lipinski definition) is 2. The van der Waals surface area contributed by atoms with E-state index in [9.17, 15) is 4.79 Å². The average Bonchev–Trinajstić information content (AvgIpc) is 3.57. The number of hydrogen-bond acceptors (Lipinski definition) is 3. The minimum absolute atomic E-state index is 0.116. The highest BCUT2D eigenvalue weighted by atomic mass is 35.5. The number of carbonyl (C=O) groups excluding carboxylic acids is 1. The van der Waals surface area contributed by atoms with Gasteiger partial charge >= 0.3 is 0 Å². The van der Waals surface area contributed by atoms with Crippen molar-refractivity contribution in [2.24, 2.45) is 5.73 Å². The van der Waals surface area contributed by atoms with E-state index in [1.807, 2.05) is 49.5 Å². The summed E-state index contributed by atoms with van der Waals surface area (Å²) in [6.07, 6.45) is 4.22. The van der Waals surface area contributed by atoms with Crippen LogP contribution in [0.3, 0.4) is 0 Å². The lowest BCUT2D eigenvalue weighted by atomic mass is 9.97. The largest absolute Gasteiger partial charge is 0.348 e. The van der Waals surface area contributed by atoms with Crippen LogP contribution in [0.1, 0.15) is 51.5 Å². The summed E-state index contributed by atoms with van der Waals surface area (Å²) in [5.74, 6) is 0.427. The van der Waals surface area contributed by atoms with E-state index in [4.69, 9.17) is 17.3 Å². The molecule has 3 N–H and O–H groups in total. The normalized spacial score (nSPS) is 13.3. The lowest BCUT2D eigenvalue weighted by Gasteiger charge is -2.13. The van der Waals surface area contributed by atoms with Crippen molar-refractivity contribution < 1.29 is 4.79 Å². The molecule has 4 rings (SSSR count). The first-order valence-corrected chi connectivity index (χ1v) is 10.3. The standard InChI is InChI=1S/C24H24ClN3O/c1-15-9-18(22-3-2-8-27-23(22)16-4-5-16)11-19(10-15)24(29)28-14-20-12-21(25)7-6-17(20)13-26/h2-3,6-12,16H,4-5,13-14,26H2,1H3,(H,28,29). The molecular formula is C24H24ClN3O. The van der Waals surface area contributed by atoms with E-state index in [0.717, 1.165) is 33.5 Å².